The van der Waals surface area contributed by atoms with E-state index in [9.17, 15) is 0 Å². The second-order valence-corrected chi connectivity index (χ2v) is 4.00. The van der Waals surface area contributed by atoms with Crippen molar-refractivity contribution in [2.24, 2.45) is 0 Å². The molecule has 1 aromatic rings. The van der Waals surface area contributed by atoms with Crippen molar-refractivity contribution in [2.75, 3.05) is 20.6 Å². The van der Waals surface area contributed by atoms with Crippen molar-refractivity contribution in [3.05, 3.63) is 34.3 Å². The molecule has 0 aliphatic carbocycles. The van der Waals surface area contributed by atoms with E-state index in [4.69, 9.17) is 16.7 Å². The lowest BCUT2D eigenvalue weighted by Gasteiger charge is -2.13. The zero-order valence-corrected chi connectivity index (χ0v) is 9.38. The van der Waals surface area contributed by atoms with Crippen LogP contribution in [0.4, 0.5) is 0 Å². The van der Waals surface area contributed by atoms with Gasteiger partial charge >= 0.3 is 0 Å². The predicted molar refractivity (Wildman–Crippen MR) is 59.6 cm³/mol. The minimum Gasteiger partial charge on any atom is -0.392 e. The first kappa shape index (κ1) is 11.5. The third kappa shape index (κ3) is 2.98. The van der Waals surface area contributed by atoms with Gasteiger partial charge in [0.2, 0.25) is 0 Å². The zero-order valence-electron chi connectivity index (χ0n) is 8.63. The fourth-order valence-corrected chi connectivity index (χ4v) is 1.66. The number of halogens is 1. The molecule has 1 rings (SSSR count). The first-order valence-corrected chi connectivity index (χ1v) is 5.04. The van der Waals surface area contributed by atoms with E-state index in [2.05, 4.69) is 4.90 Å². The molecule has 0 spiro atoms. The second kappa shape index (κ2) is 5.35. The fraction of sp³-hybridized carbons (Fsp3) is 0.455. The van der Waals surface area contributed by atoms with E-state index in [0.29, 0.717) is 0 Å². The van der Waals surface area contributed by atoms with Crippen LogP contribution in [0.3, 0.4) is 0 Å². The molecule has 0 amide bonds. The van der Waals surface area contributed by atoms with Gasteiger partial charge < -0.3 is 10.0 Å². The Morgan fingerprint density at radius 1 is 1.36 bits per heavy atom. The SMILES string of the molecule is CN(C)CCc1c(Cl)cccc1CO. The van der Waals surface area contributed by atoms with Gasteiger partial charge in [-0.05, 0) is 37.7 Å². The van der Waals surface area contributed by atoms with Crippen LogP contribution in [0.1, 0.15) is 11.1 Å². The minimum atomic E-state index is 0.0589. The molecule has 0 radical (unpaired) electrons. The van der Waals surface area contributed by atoms with Gasteiger partial charge in [0, 0.05) is 11.6 Å². The van der Waals surface area contributed by atoms with Crippen molar-refractivity contribution in [2.45, 2.75) is 13.0 Å². The lowest BCUT2D eigenvalue weighted by atomic mass is 10.0. The monoisotopic (exact) mass is 213 g/mol. The van der Waals surface area contributed by atoms with Gasteiger partial charge in [-0.2, -0.15) is 0 Å². The zero-order chi connectivity index (χ0) is 10.6. The van der Waals surface area contributed by atoms with Gasteiger partial charge in [0.15, 0.2) is 0 Å². The Morgan fingerprint density at radius 2 is 2.07 bits per heavy atom. The first-order chi connectivity index (χ1) is 6.65. The highest BCUT2D eigenvalue weighted by atomic mass is 35.5. The summed E-state index contributed by atoms with van der Waals surface area (Å²) in [5.74, 6) is 0. The standard InChI is InChI=1S/C11H16ClNO/c1-13(2)7-6-10-9(8-14)4-3-5-11(10)12/h3-5,14H,6-8H2,1-2H3. The van der Waals surface area contributed by atoms with E-state index < -0.39 is 0 Å². The number of nitrogens with zero attached hydrogens (tertiary/aromatic N) is 1. The Labute approximate surface area is 90.1 Å². The van der Waals surface area contributed by atoms with Crippen LogP contribution in [0.25, 0.3) is 0 Å². The number of hydrogen-bond donors (Lipinski definition) is 1. The fourth-order valence-electron chi connectivity index (χ4n) is 1.37. The molecule has 0 aliphatic rings. The smallest absolute Gasteiger partial charge is 0.0685 e. The molecule has 0 unspecified atom stereocenters. The molecule has 1 aromatic carbocycles. The number of aliphatic hydroxyl groups excluding tert-OH is 1. The number of aliphatic hydroxyl groups is 1. The van der Waals surface area contributed by atoms with Crippen molar-refractivity contribution in [1.82, 2.24) is 4.90 Å². The number of rotatable bonds is 4. The highest BCUT2D eigenvalue weighted by molar-refractivity contribution is 6.31. The lowest BCUT2D eigenvalue weighted by molar-refractivity contribution is 0.280. The molecular formula is C11H16ClNO. The van der Waals surface area contributed by atoms with Crippen molar-refractivity contribution in [3.63, 3.8) is 0 Å². The summed E-state index contributed by atoms with van der Waals surface area (Å²) in [5.41, 5.74) is 1.99. The minimum absolute atomic E-state index is 0.0589. The van der Waals surface area contributed by atoms with E-state index >= 15 is 0 Å². The summed E-state index contributed by atoms with van der Waals surface area (Å²) >= 11 is 6.06. The maximum atomic E-state index is 9.14. The number of likely N-dealkylation sites (N-methyl/N-ethyl adjacent to an activating group) is 1. The van der Waals surface area contributed by atoms with Gasteiger partial charge in [0.25, 0.3) is 0 Å². The Balaban J connectivity index is 2.82. The van der Waals surface area contributed by atoms with Crippen LogP contribution in [0.15, 0.2) is 18.2 Å². The summed E-state index contributed by atoms with van der Waals surface area (Å²) in [6.45, 7) is 1.00. The molecule has 0 saturated heterocycles. The summed E-state index contributed by atoms with van der Waals surface area (Å²) in [6, 6.07) is 5.65. The molecule has 14 heavy (non-hydrogen) atoms. The molecule has 0 fully saturated rings. The van der Waals surface area contributed by atoms with E-state index in [1.54, 1.807) is 0 Å². The third-order valence-electron chi connectivity index (χ3n) is 2.20. The quantitative estimate of drug-likeness (QED) is 0.827. The maximum absolute atomic E-state index is 9.14. The van der Waals surface area contributed by atoms with Gasteiger partial charge in [0.1, 0.15) is 0 Å². The van der Waals surface area contributed by atoms with Gasteiger partial charge in [-0.3, -0.25) is 0 Å². The van der Waals surface area contributed by atoms with Crippen LogP contribution in [0.5, 0.6) is 0 Å². The molecule has 2 nitrogen and oxygen atoms in total. The van der Waals surface area contributed by atoms with E-state index in [1.807, 2.05) is 32.3 Å². The molecule has 0 heterocycles. The second-order valence-electron chi connectivity index (χ2n) is 3.59. The Morgan fingerprint density at radius 3 is 2.64 bits per heavy atom. The predicted octanol–water partition coefficient (Wildman–Crippen LogP) is 1.94. The van der Waals surface area contributed by atoms with Gasteiger partial charge in [-0.15, -0.1) is 0 Å². The van der Waals surface area contributed by atoms with Crippen LogP contribution < -0.4 is 0 Å². The van der Waals surface area contributed by atoms with Gasteiger partial charge in [-0.1, -0.05) is 23.7 Å². The topological polar surface area (TPSA) is 23.5 Å². The van der Waals surface area contributed by atoms with Crippen molar-refractivity contribution in [1.29, 1.82) is 0 Å². The molecule has 0 bridgehead atoms. The highest BCUT2D eigenvalue weighted by Gasteiger charge is 2.06. The normalized spacial score (nSPS) is 10.9. The third-order valence-corrected chi connectivity index (χ3v) is 2.55. The highest BCUT2D eigenvalue weighted by Crippen LogP contribution is 2.20. The Kier molecular flexibility index (Phi) is 4.39. The van der Waals surface area contributed by atoms with Gasteiger partial charge in [0.05, 0.1) is 6.61 Å². The van der Waals surface area contributed by atoms with Crippen molar-refractivity contribution < 1.29 is 5.11 Å². The summed E-state index contributed by atoms with van der Waals surface area (Å²) in [7, 11) is 4.05. The van der Waals surface area contributed by atoms with E-state index in [1.165, 1.54) is 0 Å². The average molecular weight is 214 g/mol. The summed E-state index contributed by atoms with van der Waals surface area (Å²) in [4.78, 5) is 2.10. The first-order valence-electron chi connectivity index (χ1n) is 4.67. The molecule has 0 saturated carbocycles. The summed E-state index contributed by atoms with van der Waals surface area (Å²) < 4.78 is 0. The molecule has 0 atom stereocenters. The van der Waals surface area contributed by atoms with Crippen molar-refractivity contribution in [3.8, 4) is 0 Å². The average Bonchev–Trinajstić information content (AvgIpc) is 2.15. The van der Waals surface area contributed by atoms with Crippen LogP contribution in [-0.2, 0) is 13.0 Å². The van der Waals surface area contributed by atoms with Crippen LogP contribution in [0.2, 0.25) is 5.02 Å². The van der Waals surface area contributed by atoms with Crippen LogP contribution >= 0.6 is 11.6 Å². The van der Waals surface area contributed by atoms with E-state index in [-0.39, 0.29) is 6.61 Å². The summed E-state index contributed by atoms with van der Waals surface area (Å²) in [5, 5.41) is 9.88. The molecule has 0 aliphatic heterocycles. The molecule has 1 N–H and O–H groups in total. The molecule has 78 valence electrons. The lowest BCUT2D eigenvalue weighted by Crippen LogP contribution is -2.16. The van der Waals surface area contributed by atoms with E-state index in [0.717, 1.165) is 29.1 Å². The molecule has 0 aromatic heterocycles. The summed E-state index contributed by atoms with van der Waals surface area (Å²) in [6.07, 6.45) is 0.878. The number of benzene rings is 1. The van der Waals surface area contributed by atoms with Crippen molar-refractivity contribution >= 4 is 11.6 Å². The Bertz CT molecular complexity index is 299. The maximum Gasteiger partial charge on any atom is 0.0685 e. The number of hydrogen-bond acceptors (Lipinski definition) is 2. The Hall–Kier alpha value is -0.570. The van der Waals surface area contributed by atoms with Crippen LogP contribution in [0, 0.1) is 0 Å². The molecule has 3 heteroatoms. The van der Waals surface area contributed by atoms with Crippen LogP contribution in [-0.4, -0.2) is 30.6 Å². The molecular weight excluding hydrogens is 198 g/mol. The van der Waals surface area contributed by atoms with Gasteiger partial charge in [-0.25, -0.2) is 0 Å². The largest absolute Gasteiger partial charge is 0.392 e.